The molecule has 0 spiro atoms. The number of thioether (sulfide) groups is 1. The number of benzene rings is 3. The first-order valence-electron chi connectivity index (χ1n) is 14.4. The quantitative estimate of drug-likeness (QED) is 0.0702. The molecule has 6 rings (SSSR count). The Kier molecular flexibility index (Phi) is 8.83. The molecule has 0 amide bonds. The van der Waals surface area contributed by atoms with Crippen LogP contribution in [0.4, 0.5) is 17.6 Å². The highest BCUT2D eigenvalue weighted by Gasteiger charge is 2.30. The van der Waals surface area contributed by atoms with Crippen molar-refractivity contribution in [1.82, 2.24) is 24.3 Å². The van der Waals surface area contributed by atoms with Crippen LogP contribution >= 0.6 is 23.4 Å². The second kappa shape index (κ2) is 12.8. The lowest BCUT2D eigenvalue weighted by atomic mass is 10.0. The van der Waals surface area contributed by atoms with E-state index in [9.17, 15) is 22.4 Å². The maximum atomic E-state index is 13.4. The van der Waals surface area contributed by atoms with Crippen LogP contribution in [0.5, 0.6) is 0 Å². The summed E-state index contributed by atoms with van der Waals surface area (Å²) in [7, 11) is 0. The van der Waals surface area contributed by atoms with Crippen molar-refractivity contribution in [2.45, 2.75) is 61.7 Å². The van der Waals surface area contributed by atoms with Crippen LogP contribution in [-0.2, 0) is 37.9 Å². The van der Waals surface area contributed by atoms with Crippen molar-refractivity contribution in [2.24, 2.45) is 0 Å². The predicted octanol–water partition coefficient (Wildman–Crippen LogP) is 7.84. The molecular weight excluding hydrogens is 626 g/mol. The summed E-state index contributed by atoms with van der Waals surface area (Å²) >= 11 is 7.93. The van der Waals surface area contributed by atoms with Gasteiger partial charge in [-0.25, -0.2) is 4.39 Å². The van der Waals surface area contributed by atoms with Crippen molar-refractivity contribution in [2.75, 3.05) is 0 Å². The number of hydrogen-bond acceptors (Lipinski definition) is 5. The Morgan fingerprint density at radius 1 is 0.867 bits per heavy atom. The third kappa shape index (κ3) is 6.84. The van der Waals surface area contributed by atoms with Gasteiger partial charge in [-0.05, 0) is 72.7 Å². The van der Waals surface area contributed by atoms with Gasteiger partial charge in [-0.1, -0.05) is 60.3 Å². The lowest BCUT2D eigenvalue weighted by Crippen LogP contribution is -2.23. The zero-order valence-electron chi connectivity index (χ0n) is 24.2. The highest BCUT2D eigenvalue weighted by Crippen LogP contribution is 2.32. The minimum Gasteiger partial charge on any atom is -0.316 e. The summed E-state index contributed by atoms with van der Waals surface area (Å²) < 4.78 is 56.4. The summed E-state index contributed by atoms with van der Waals surface area (Å²) in [4.78, 5) is 17.3. The Morgan fingerprint density at radius 3 is 2.16 bits per heavy atom. The molecule has 2 heterocycles. The standard InChI is InChI=1S/C33H28ClF4N5OS/c1-20(34)30-41-40-29(43(30)17-21-5-9-23(10-6-21)24-11-13-25(14-12-24)33(36,37)38)18-42-28-4-2-3-27(28)31(44)39-32(42)45-19-22-7-15-26(35)16-8-22/h5-16,20H,2-4,17-19H2,1H3. The van der Waals surface area contributed by atoms with Gasteiger partial charge in [0.25, 0.3) is 5.56 Å². The zero-order chi connectivity index (χ0) is 31.7. The second-order valence-electron chi connectivity index (χ2n) is 10.9. The maximum Gasteiger partial charge on any atom is 0.416 e. The molecule has 1 unspecified atom stereocenters. The minimum absolute atomic E-state index is 0.218. The smallest absolute Gasteiger partial charge is 0.316 e. The van der Waals surface area contributed by atoms with E-state index in [0.717, 1.165) is 52.9 Å². The third-order valence-electron chi connectivity index (χ3n) is 7.83. The van der Waals surface area contributed by atoms with Crippen LogP contribution in [0.2, 0.25) is 0 Å². The van der Waals surface area contributed by atoms with Gasteiger partial charge >= 0.3 is 6.18 Å². The van der Waals surface area contributed by atoms with Gasteiger partial charge in [0.05, 0.1) is 24.0 Å². The van der Waals surface area contributed by atoms with Crippen LogP contribution in [0.25, 0.3) is 11.1 Å². The number of rotatable bonds is 9. The van der Waals surface area contributed by atoms with Crippen LogP contribution in [0.1, 0.15) is 58.3 Å². The summed E-state index contributed by atoms with van der Waals surface area (Å²) in [6, 6.07) is 18.9. The first-order valence-corrected chi connectivity index (χ1v) is 15.8. The number of fused-ring (bicyclic) bond motifs is 1. The van der Waals surface area contributed by atoms with Crippen LogP contribution in [0.3, 0.4) is 0 Å². The van der Waals surface area contributed by atoms with Gasteiger partial charge in [0, 0.05) is 17.0 Å². The number of hydrogen-bond donors (Lipinski definition) is 0. The molecule has 12 heteroatoms. The molecule has 232 valence electrons. The van der Waals surface area contributed by atoms with Gasteiger partial charge in [-0.3, -0.25) is 4.79 Å². The SMILES string of the molecule is CC(Cl)c1nnc(Cn2c(SCc3ccc(F)cc3)nc(=O)c3c2CCC3)n1Cc1ccc(-c2ccc(C(F)(F)F)cc2)cc1. The molecule has 5 aromatic rings. The molecule has 1 aliphatic rings. The maximum absolute atomic E-state index is 13.4. The van der Waals surface area contributed by atoms with Crippen molar-refractivity contribution in [3.05, 3.63) is 129 Å². The fourth-order valence-corrected chi connectivity index (χ4v) is 6.63. The van der Waals surface area contributed by atoms with Gasteiger partial charge in [-0.15, -0.1) is 21.8 Å². The lowest BCUT2D eigenvalue weighted by Gasteiger charge is -2.18. The molecule has 45 heavy (non-hydrogen) atoms. The Hall–Kier alpha value is -3.96. The highest BCUT2D eigenvalue weighted by molar-refractivity contribution is 7.98. The normalized spacial score (nSPS) is 13.6. The number of halogens is 5. The molecule has 0 radical (unpaired) electrons. The topological polar surface area (TPSA) is 65.6 Å². The summed E-state index contributed by atoms with van der Waals surface area (Å²) in [6.07, 6.45) is -2.11. The average molecular weight is 654 g/mol. The molecule has 0 saturated carbocycles. The van der Waals surface area contributed by atoms with E-state index in [1.807, 2.05) is 40.3 Å². The van der Waals surface area contributed by atoms with Gasteiger partial charge in [0.1, 0.15) is 5.82 Å². The summed E-state index contributed by atoms with van der Waals surface area (Å²) in [5.74, 6) is 1.43. The van der Waals surface area contributed by atoms with Crippen LogP contribution in [0, 0.1) is 5.82 Å². The lowest BCUT2D eigenvalue weighted by molar-refractivity contribution is -0.137. The monoisotopic (exact) mass is 653 g/mol. The molecule has 1 atom stereocenters. The number of aromatic nitrogens is 5. The molecule has 6 nitrogen and oxygen atoms in total. The number of alkyl halides is 4. The molecule has 3 aromatic carbocycles. The van der Waals surface area contributed by atoms with Crippen LogP contribution in [0.15, 0.2) is 82.7 Å². The minimum atomic E-state index is -4.39. The fraction of sp³-hybridized carbons (Fsp3) is 0.273. The molecule has 0 saturated heterocycles. The Bertz CT molecular complexity index is 1870. The van der Waals surface area contributed by atoms with Crippen LogP contribution < -0.4 is 5.56 Å². The molecule has 2 aromatic heterocycles. The summed E-state index contributed by atoms with van der Waals surface area (Å²) in [6.45, 7) is 2.56. The van der Waals surface area contributed by atoms with E-state index in [1.54, 1.807) is 12.1 Å². The van der Waals surface area contributed by atoms with Gasteiger partial charge in [0.15, 0.2) is 16.8 Å². The second-order valence-corrected chi connectivity index (χ2v) is 12.5. The first kappa shape index (κ1) is 31.0. The van der Waals surface area contributed by atoms with E-state index in [2.05, 4.69) is 15.2 Å². The summed E-state index contributed by atoms with van der Waals surface area (Å²) in [5, 5.41) is 9.02. The molecule has 1 aliphatic carbocycles. The molecular formula is C33H28ClF4N5OS. The van der Waals surface area contributed by atoms with E-state index >= 15 is 0 Å². The largest absolute Gasteiger partial charge is 0.416 e. The van der Waals surface area contributed by atoms with Crippen molar-refractivity contribution < 1.29 is 17.6 Å². The highest BCUT2D eigenvalue weighted by atomic mass is 35.5. The van der Waals surface area contributed by atoms with Crippen molar-refractivity contribution >= 4 is 23.4 Å². The molecule has 0 N–H and O–H groups in total. The molecule has 0 bridgehead atoms. The Labute approximate surface area is 266 Å². The average Bonchev–Trinajstić information content (AvgIpc) is 3.67. The first-order chi connectivity index (χ1) is 21.6. The Morgan fingerprint density at radius 2 is 1.51 bits per heavy atom. The van der Waals surface area contributed by atoms with E-state index in [-0.39, 0.29) is 11.4 Å². The van der Waals surface area contributed by atoms with E-state index in [1.165, 1.54) is 36.0 Å². The van der Waals surface area contributed by atoms with E-state index < -0.39 is 17.1 Å². The van der Waals surface area contributed by atoms with Crippen molar-refractivity contribution in [1.29, 1.82) is 0 Å². The van der Waals surface area contributed by atoms with Crippen molar-refractivity contribution in [3.63, 3.8) is 0 Å². The van der Waals surface area contributed by atoms with Gasteiger partial charge < -0.3 is 9.13 Å². The van der Waals surface area contributed by atoms with E-state index in [0.29, 0.717) is 47.6 Å². The zero-order valence-corrected chi connectivity index (χ0v) is 25.8. The fourth-order valence-electron chi connectivity index (χ4n) is 5.50. The van der Waals surface area contributed by atoms with E-state index in [4.69, 9.17) is 11.6 Å². The van der Waals surface area contributed by atoms with Gasteiger partial charge in [-0.2, -0.15) is 18.2 Å². The molecule has 0 aliphatic heterocycles. The Balaban J connectivity index is 1.29. The third-order valence-corrected chi connectivity index (χ3v) is 9.08. The van der Waals surface area contributed by atoms with Crippen molar-refractivity contribution in [3.8, 4) is 11.1 Å². The molecule has 0 fully saturated rings. The predicted molar refractivity (Wildman–Crippen MR) is 166 cm³/mol. The number of nitrogens with zero attached hydrogens (tertiary/aromatic N) is 5. The summed E-state index contributed by atoms with van der Waals surface area (Å²) in [5.41, 5.74) is 4.06. The van der Waals surface area contributed by atoms with Gasteiger partial charge in [0.2, 0.25) is 0 Å². The van der Waals surface area contributed by atoms with Crippen LogP contribution in [-0.4, -0.2) is 24.3 Å².